The first-order valence-corrected chi connectivity index (χ1v) is 8.56. The number of nitrogens with one attached hydrogen (secondary N) is 2. The lowest BCUT2D eigenvalue weighted by Crippen LogP contribution is -2.38. The Balaban J connectivity index is 0.00000264. The summed E-state index contributed by atoms with van der Waals surface area (Å²) in [5.74, 6) is 2.16. The fourth-order valence-electron chi connectivity index (χ4n) is 1.91. The Morgan fingerprint density at radius 1 is 1.39 bits per heavy atom. The topological polar surface area (TPSA) is 62.5 Å². The van der Waals surface area contributed by atoms with Gasteiger partial charge in [-0.3, -0.25) is 0 Å². The van der Waals surface area contributed by atoms with E-state index in [-0.39, 0.29) is 24.0 Å². The summed E-state index contributed by atoms with van der Waals surface area (Å²) in [4.78, 5) is 9.15. The number of aliphatic imine (C=N–C) groups is 1. The summed E-state index contributed by atoms with van der Waals surface area (Å²) in [6, 6.07) is 3.80. The molecule has 0 bridgehead atoms. The highest BCUT2D eigenvalue weighted by Gasteiger charge is 2.06. The van der Waals surface area contributed by atoms with Crippen LogP contribution in [0.5, 0.6) is 0 Å². The van der Waals surface area contributed by atoms with Crippen LogP contribution in [0.4, 0.5) is 0 Å². The number of thiazole rings is 1. The molecule has 0 atom stereocenters. The number of nitrogens with zero attached hydrogens (tertiary/aromatic N) is 2. The van der Waals surface area contributed by atoms with Gasteiger partial charge in [0.15, 0.2) is 5.96 Å². The molecule has 0 saturated heterocycles. The molecule has 0 aliphatic rings. The molecule has 0 unspecified atom stereocenters. The van der Waals surface area contributed by atoms with Crippen LogP contribution in [-0.4, -0.2) is 24.0 Å². The zero-order valence-corrected chi connectivity index (χ0v) is 17.0. The molecular formula is C16H25IN4OS. The molecule has 7 heteroatoms. The number of furan rings is 1. The summed E-state index contributed by atoms with van der Waals surface area (Å²) >= 11 is 1.74. The molecule has 0 aliphatic carbocycles. The zero-order chi connectivity index (χ0) is 15.8. The number of hydrogen-bond acceptors (Lipinski definition) is 4. The predicted molar refractivity (Wildman–Crippen MR) is 107 cm³/mol. The zero-order valence-electron chi connectivity index (χ0n) is 13.8. The number of hydrogen-bond donors (Lipinski definition) is 2. The molecule has 0 amide bonds. The summed E-state index contributed by atoms with van der Waals surface area (Å²) in [6.07, 6.45) is 2.56. The van der Waals surface area contributed by atoms with Gasteiger partial charge in [0.05, 0.1) is 17.0 Å². The van der Waals surface area contributed by atoms with E-state index in [4.69, 9.17) is 4.42 Å². The van der Waals surface area contributed by atoms with Crippen molar-refractivity contribution in [1.82, 2.24) is 15.6 Å². The summed E-state index contributed by atoms with van der Waals surface area (Å²) in [5.41, 5.74) is 1.14. The minimum atomic E-state index is 0. The summed E-state index contributed by atoms with van der Waals surface area (Å²) in [6.45, 7) is 8.58. The maximum Gasteiger partial charge on any atom is 0.191 e. The normalized spacial score (nSPS) is 11.4. The van der Waals surface area contributed by atoms with Gasteiger partial charge in [0.1, 0.15) is 12.3 Å². The van der Waals surface area contributed by atoms with Crippen molar-refractivity contribution in [3.05, 3.63) is 40.2 Å². The van der Waals surface area contributed by atoms with Gasteiger partial charge in [-0.25, -0.2) is 9.98 Å². The van der Waals surface area contributed by atoms with Gasteiger partial charge in [-0.15, -0.1) is 35.3 Å². The largest absolute Gasteiger partial charge is 0.467 e. The first-order valence-electron chi connectivity index (χ1n) is 7.68. The van der Waals surface area contributed by atoms with Crippen molar-refractivity contribution in [2.24, 2.45) is 4.99 Å². The molecule has 2 heterocycles. The van der Waals surface area contributed by atoms with E-state index in [2.05, 4.69) is 46.8 Å². The second-order valence-electron chi connectivity index (χ2n) is 5.28. The van der Waals surface area contributed by atoms with Gasteiger partial charge in [0.25, 0.3) is 0 Å². The van der Waals surface area contributed by atoms with Crippen molar-refractivity contribution < 1.29 is 4.42 Å². The van der Waals surface area contributed by atoms with Crippen molar-refractivity contribution >= 4 is 41.3 Å². The standard InChI is InChI=1S/C16H24N4OS.HI/c1-4-17-16(19-10-14-6-5-9-21-14)18-8-7-13-11-22-15(20-13)12(2)3;/h5-6,9,11-12H,4,7-8,10H2,1-3H3,(H2,17,18,19);1H. The number of halogens is 1. The lowest BCUT2D eigenvalue weighted by atomic mass is 10.2. The molecule has 128 valence electrons. The maximum atomic E-state index is 5.29. The smallest absolute Gasteiger partial charge is 0.191 e. The Labute approximate surface area is 159 Å². The van der Waals surface area contributed by atoms with E-state index < -0.39 is 0 Å². The lowest BCUT2D eigenvalue weighted by molar-refractivity contribution is 0.512. The van der Waals surface area contributed by atoms with E-state index in [0.717, 1.165) is 36.9 Å². The highest BCUT2D eigenvalue weighted by molar-refractivity contribution is 14.0. The van der Waals surface area contributed by atoms with E-state index >= 15 is 0 Å². The third-order valence-electron chi connectivity index (χ3n) is 3.05. The second kappa shape index (κ2) is 10.6. The number of aromatic nitrogens is 1. The monoisotopic (exact) mass is 448 g/mol. The summed E-state index contributed by atoms with van der Waals surface area (Å²) in [7, 11) is 0. The minimum Gasteiger partial charge on any atom is -0.467 e. The quantitative estimate of drug-likeness (QED) is 0.385. The van der Waals surface area contributed by atoms with Crippen LogP contribution in [0.3, 0.4) is 0 Å². The van der Waals surface area contributed by atoms with Gasteiger partial charge in [-0.1, -0.05) is 13.8 Å². The minimum absolute atomic E-state index is 0. The molecule has 0 fully saturated rings. The van der Waals surface area contributed by atoms with E-state index in [9.17, 15) is 0 Å². The molecule has 2 rings (SSSR count). The number of guanidine groups is 1. The molecule has 0 saturated carbocycles. The maximum absolute atomic E-state index is 5.29. The third-order valence-corrected chi connectivity index (χ3v) is 4.25. The Hall–Kier alpha value is -1.09. The fraction of sp³-hybridized carbons (Fsp3) is 0.500. The van der Waals surface area contributed by atoms with Crippen LogP contribution < -0.4 is 10.6 Å². The van der Waals surface area contributed by atoms with Crippen LogP contribution in [0.1, 0.15) is 43.2 Å². The first kappa shape index (κ1) is 20.0. The van der Waals surface area contributed by atoms with Crippen LogP contribution in [0.15, 0.2) is 33.2 Å². The van der Waals surface area contributed by atoms with Crippen molar-refractivity contribution in [2.45, 2.75) is 39.7 Å². The van der Waals surface area contributed by atoms with Gasteiger partial charge in [-0.2, -0.15) is 0 Å². The molecule has 0 aromatic carbocycles. The first-order chi connectivity index (χ1) is 10.7. The second-order valence-corrected chi connectivity index (χ2v) is 6.17. The molecule has 2 aromatic rings. The van der Waals surface area contributed by atoms with E-state index in [1.807, 2.05) is 12.1 Å². The Morgan fingerprint density at radius 2 is 2.22 bits per heavy atom. The van der Waals surface area contributed by atoms with Crippen molar-refractivity contribution in [1.29, 1.82) is 0 Å². The summed E-state index contributed by atoms with van der Waals surface area (Å²) < 4.78 is 5.29. The Morgan fingerprint density at radius 3 is 2.83 bits per heavy atom. The SMILES string of the molecule is CCNC(=NCc1ccco1)NCCc1csc(C(C)C)n1.I. The van der Waals surface area contributed by atoms with Gasteiger partial charge >= 0.3 is 0 Å². The molecule has 0 spiro atoms. The molecule has 0 radical (unpaired) electrons. The van der Waals surface area contributed by atoms with Gasteiger partial charge in [0.2, 0.25) is 0 Å². The predicted octanol–water partition coefficient (Wildman–Crippen LogP) is 3.78. The highest BCUT2D eigenvalue weighted by Crippen LogP contribution is 2.19. The average molecular weight is 448 g/mol. The lowest BCUT2D eigenvalue weighted by Gasteiger charge is -2.10. The van der Waals surface area contributed by atoms with Gasteiger partial charge in [0, 0.05) is 30.8 Å². The van der Waals surface area contributed by atoms with E-state index in [1.165, 1.54) is 5.01 Å². The van der Waals surface area contributed by atoms with Crippen LogP contribution in [0, 0.1) is 0 Å². The molecule has 5 nitrogen and oxygen atoms in total. The fourth-order valence-corrected chi connectivity index (χ4v) is 2.78. The van der Waals surface area contributed by atoms with Crippen LogP contribution in [0.25, 0.3) is 0 Å². The Bertz CT molecular complexity index is 581. The Kier molecular flexibility index (Phi) is 9.23. The molecule has 2 aromatic heterocycles. The van der Waals surface area contributed by atoms with Crippen molar-refractivity contribution in [2.75, 3.05) is 13.1 Å². The summed E-state index contributed by atoms with van der Waals surface area (Å²) in [5, 5.41) is 9.91. The molecule has 2 N–H and O–H groups in total. The molecule has 23 heavy (non-hydrogen) atoms. The van der Waals surface area contributed by atoms with E-state index in [0.29, 0.717) is 12.5 Å². The van der Waals surface area contributed by atoms with E-state index in [1.54, 1.807) is 17.6 Å². The molecule has 0 aliphatic heterocycles. The highest BCUT2D eigenvalue weighted by atomic mass is 127. The van der Waals surface area contributed by atoms with Crippen molar-refractivity contribution in [3.8, 4) is 0 Å². The van der Waals surface area contributed by atoms with Crippen LogP contribution in [-0.2, 0) is 13.0 Å². The average Bonchev–Trinajstić information content (AvgIpc) is 3.16. The molecular weight excluding hydrogens is 423 g/mol. The van der Waals surface area contributed by atoms with Crippen molar-refractivity contribution in [3.63, 3.8) is 0 Å². The van der Waals surface area contributed by atoms with Gasteiger partial charge in [-0.05, 0) is 19.1 Å². The third kappa shape index (κ3) is 6.90. The van der Waals surface area contributed by atoms with Crippen LogP contribution >= 0.6 is 35.3 Å². The van der Waals surface area contributed by atoms with Gasteiger partial charge < -0.3 is 15.1 Å². The number of rotatable bonds is 7. The van der Waals surface area contributed by atoms with Crippen LogP contribution in [0.2, 0.25) is 0 Å².